The summed E-state index contributed by atoms with van der Waals surface area (Å²) in [4.78, 5) is 30.6. The van der Waals surface area contributed by atoms with Gasteiger partial charge in [-0.3, -0.25) is 9.78 Å². The van der Waals surface area contributed by atoms with Crippen molar-refractivity contribution in [1.29, 1.82) is 0 Å². The first-order valence-electron chi connectivity index (χ1n) is 8.56. The van der Waals surface area contributed by atoms with Gasteiger partial charge >= 0.3 is 5.97 Å². The van der Waals surface area contributed by atoms with E-state index in [0.29, 0.717) is 18.4 Å². The van der Waals surface area contributed by atoms with Gasteiger partial charge in [-0.05, 0) is 48.6 Å². The molecule has 0 radical (unpaired) electrons. The van der Waals surface area contributed by atoms with Gasteiger partial charge in [0, 0.05) is 25.4 Å². The van der Waals surface area contributed by atoms with E-state index in [4.69, 9.17) is 4.74 Å². The maximum absolute atomic E-state index is 12.7. The normalized spacial score (nSPS) is 16.7. The van der Waals surface area contributed by atoms with E-state index < -0.39 is 0 Å². The number of aromatic nitrogens is 1. The first-order chi connectivity index (χ1) is 12.2. The van der Waals surface area contributed by atoms with Crippen LogP contribution in [-0.4, -0.2) is 35.4 Å². The van der Waals surface area contributed by atoms with Gasteiger partial charge in [0.15, 0.2) is 0 Å². The second-order valence-electron chi connectivity index (χ2n) is 6.17. The average molecular weight is 338 g/mol. The predicted molar refractivity (Wildman–Crippen MR) is 94.0 cm³/mol. The van der Waals surface area contributed by atoms with Crippen LogP contribution in [0.4, 0.5) is 0 Å². The first kappa shape index (κ1) is 17.1. The third-order valence-electron chi connectivity index (χ3n) is 4.69. The molecule has 1 aliphatic rings. The lowest BCUT2D eigenvalue weighted by Crippen LogP contribution is -2.30. The topological polar surface area (TPSA) is 59.5 Å². The van der Waals surface area contributed by atoms with E-state index in [1.54, 1.807) is 24.5 Å². The minimum atomic E-state index is -0.362. The quantitative estimate of drug-likeness (QED) is 0.786. The summed E-state index contributed by atoms with van der Waals surface area (Å²) in [5.74, 6) is -0.238. The summed E-state index contributed by atoms with van der Waals surface area (Å²) in [5, 5.41) is 0. The number of aryl methyl sites for hydroxylation is 1. The maximum atomic E-state index is 12.7. The first-order valence-corrected chi connectivity index (χ1v) is 8.56. The third kappa shape index (κ3) is 3.87. The van der Waals surface area contributed by atoms with Crippen LogP contribution < -0.4 is 0 Å². The number of ether oxygens (including phenoxy) is 1. The van der Waals surface area contributed by atoms with Gasteiger partial charge in [0.1, 0.15) is 0 Å². The highest BCUT2D eigenvalue weighted by Gasteiger charge is 2.29. The highest BCUT2D eigenvalue weighted by atomic mass is 16.5. The van der Waals surface area contributed by atoms with Crippen molar-refractivity contribution in [2.24, 2.45) is 0 Å². The van der Waals surface area contributed by atoms with Crippen LogP contribution in [0.15, 0.2) is 48.8 Å². The van der Waals surface area contributed by atoms with Crippen LogP contribution in [0, 0.1) is 0 Å². The van der Waals surface area contributed by atoms with Gasteiger partial charge in [0.2, 0.25) is 5.91 Å². The van der Waals surface area contributed by atoms with Crippen LogP contribution in [0.1, 0.15) is 46.8 Å². The predicted octanol–water partition coefficient (Wildman–Crippen LogP) is 3.16. The van der Waals surface area contributed by atoms with E-state index in [9.17, 15) is 9.59 Å². The summed E-state index contributed by atoms with van der Waals surface area (Å²) in [7, 11) is 1.37. The molecule has 0 saturated carbocycles. The van der Waals surface area contributed by atoms with Gasteiger partial charge in [0.05, 0.1) is 18.7 Å². The highest BCUT2D eigenvalue weighted by Crippen LogP contribution is 2.32. The molecule has 5 nitrogen and oxygen atoms in total. The summed E-state index contributed by atoms with van der Waals surface area (Å²) < 4.78 is 4.82. The lowest BCUT2D eigenvalue weighted by Gasteiger charge is -2.25. The monoisotopic (exact) mass is 338 g/mol. The van der Waals surface area contributed by atoms with Crippen molar-refractivity contribution in [3.05, 3.63) is 65.5 Å². The molecule has 1 aromatic carbocycles. The van der Waals surface area contributed by atoms with E-state index in [1.807, 2.05) is 29.2 Å². The van der Waals surface area contributed by atoms with E-state index in [0.717, 1.165) is 30.5 Å². The summed E-state index contributed by atoms with van der Waals surface area (Å²) >= 11 is 0. The SMILES string of the molecule is COC(=O)c1ccccc1CCC(=O)N1CCC[C@H]1c1ccncc1. The second kappa shape index (κ2) is 7.92. The third-order valence-corrected chi connectivity index (χ3v) is 4.69. The van der Waals surface area contributed by atoms with E-state index in [-0.39, 0.29) is 17.9 Å². The van der Waals surface area contributed by atoms with Gasteiger partial charge < -0.3 is 9.64 Å². The van der Waals surface area contributed by atoms with Crippen molar-refractivity contribution < 1.29 is 14.3 Å². The van der Waals surface area contributed by atoms with Gasteiger partial charge in [-0.15, -0.1) is 0 Å². The molecule has 3 rings (SSSR count). The summed E-state index contributed by atoms with van der Waals surface area (Å²) in [5.41, 5.74) is 2.52. The lowest BCUT2D eigenvalue weighted by atomic mass is 10.0. The number of carbonyl (C=O) groups excluding carboxylic acids is 2. The molecule has 1 atom stereocenters. The molecule has 2 aromatic rings. The molecule has 5 heteroatoms. The van der Waals surface area contributed by atoms with Crippen molar-refractivity contribution in [3.63, 3.8) is 0 Å². The van der Waals surface area contributed by atoms with Crippen molar-refractivity contribution in [2.45, 2.75) is 31.7 Å². The Morgan fingerprint density at radius 2 is 1.96 bits per heavy atom. The molecule has 1 aliphatic heterocycles. The van der Waals surface area contributed by atoms with Crippen molar-refractivity contribution in [3.8, 4) is 0 Å². The molecule has 2 heterocycles. The molecule has 25 heavy (non-hydrogen) atoms. The Balaban J connectivity index is 1.68. The van der Waals surface area contributed by atoms with Crippen LogP contribution in [0.5, 0.6) is 0 Å². The fraction of sp³-hybridized carbons (Fsp3) is 0.350. The molecule has 0 N–H and O–H groups in total. The molecule has 1 aromatic heterocycles. The number of pyridine rings is 1. The van der Waals surface area contributed by atoms with Crippen LogP contribution in [-0.2, 0) is 16.0 Å². The zero-order chi connectivity index (χ0) is 17.6. The minimum absolute atomic E-state index is 0.124. The van der Waals surface area contributed by atoms with Crippen molar-refractivity contribution >= 4 is 11.9 Å². The zero-order valence-electron chi connectivity index (χ0n) is 14.4. The molecule has 1 saturated heterocycles. The summed E-state index contributed by atoms with van der Waals surface area (Å²) in [6.07, 6.45) is 6.44. The van der Waals surface area contributed by atoms with Crippen LogP contribution in [0.25, 0.3) is 0 Å². The number of likely N-dealkylation sites (tertiary alicyclic amines) is 1. The van der Waals surface area contributed by atoms with Crippen molar-refractivity contribution in [2.75, 3.05) is 13.7 Å². The number of nitrogens with zero attached hydrogens (tertiary/aromatic N) is 2. The largest absolute Gasteiger partial charge is 0.465 e. The van der Waals surface area contributed by atoms with E-state index in [1.165, 1.54) is 7.11 Å². The molecule has 0 unspecified atom stereocenters. The van der Waals surface area contributed by atoms with Crippen LogP contribution >= 0.6 is 0 Å². The Morgan fingerprint density at radius 1 is 1.20 bits per heavy atom. The van der Waals surface area contributed by atoms with Gasteiger partial charge in [0.25, 0.3) is 0 Å². The maximum Gasteiger partial charge on any atom is 0.338 e. The van der Waals surface area contributed by atoms with Gasteiger partial charge in [-0.2, -0.15) is 0 Å². The van der Waals surface area contributed by atoms with E-state index in [2.05, 4.69) is 4.98 Å². The average Bonchev–Trinajstić information content (AvgIpc) is 3.16. The standard InChI is InChI=1S/C20H22N2O3/c1-25-20(24)17-6-3-2-5-15(17)8-9-19(23)22-14-4-7-18(22)16-10-12-21-13-11-16/h2-3,5-6,10-13,18H,4,7-9,14H2,1H3/t18-/m0/s1. The molecule has 0 bridgehead atoms. The number of hydrogen-bond acceptors (Lipinski definition) is 4. The van der Waals surface area contributed by atoms with Gasteiger partial charge in [-0.1, -0.05) is 18.2 Å². The molecule has 0 aliphatic carbocycles. The molecule has 1 amide bonds. The Labute approximate surface area is 147 Å². The lowest BCUT2D eigenvalue weighted by molar-refractivity contribution is -0.132. The van der Waals surface area contributed by atoms with Crippen LogP contribution in [0.3, 0.4) is 0 Å². The summed E-state index contributed by atoms with van der Waals surface area (Å²) in [6.45, 7) is 0.782. The highest BCUT2D eigenvalue weighted by molar-refractivity contribution is 5.91. The molecule has 130 valence electrons. The molecular formula is C20H22N2O3. The Bertz CT molecular complexity index is 746. The molecule has 1 fully saturated rings. The molecular weight excluding hydrogens is 316 g/mol. The van der Waals surface area contributed by atoms with Crippen LogP contribution in [0.2, 0.25) is 0 Å². The Morgan fingerprint density at radius 3 is 2.72 bits per heavy atom. The number of amides is 1. The second-order valence-corrected chi connectivity index (χ2v) is 6.17. The Kier molecular flexibility index (Phi) is 5.43. The number of hydrogen-bond donors (Lipinski definition) is 0. The number of benzene rings is 1. The number of rotatable bonds is 5. The number of esters is 1. The number of carbonyl (C=O) groups is 2. The molecule has 0 spiro atoms. The van der Waals surface area contributed by atoms with E-state index >= 15 is 0 Å². The number of methoxy groups -OCH3 is 1. The van der Waals surface area contributed by atoms with Crippen molar-refractivity contribution in [1.82, 2.24) is 9.88 Å². The fourth-order valence-electron chi connectivity index (χ4n) is 3.43. The smallest absolute Gasteiger partial charge is 0.338 e. The van der Waals surface area contributed by atoms with Gasteiger partial charge in [-0.25, -0.2) is 4.79 Å². The Hall–Kier alpha value is -2.69. The zero-order valence-corrected chi connectivity index (χ0v) is 14.4. The fourth-order valence-corrected chi connectivity index (χ4v) is 3.43. The minimum Gasteiger partial charge on any atom is -0.465 e. The summed E-state index contributed by atoms with van der Waals surface area (Å²) in [6, 6.07) is 11.4.